The topological polar surface area (TPSA) is 47.6 Å². The van der Waals surface area contributed by atoms with Crippen molar-refractivity contribution in [1.29, 1.82) is 0 Å². The van der Waals surface area contributed by atoms with Gasteiger partial charge in [-0.2, -0.15) is 0 Å². The second-order valence-electron chi connectivity index (χ2n) is 4.15. The van der Waals surface area contributed by atoms with E-state index in [-0.39, 0.29) is 5.91 Å². The number of nitrogens with one attached hydrogen (secondary N) is 1. The fourth-order valence-electron chi connectivity index (χ4n) is 1.12. The van der Waals surface area contributed by atoms with Gasteiger partial charge in [-0.1, -0.05) is 33.6 Å². The van der Waals surface area contributed by atoms with E-state index in [4.69, 9.17) is 15.9 Å². The molecule has 0 fully saturated rings. The third-order valence-electron chi connectivity index (χ3n) is 2.07. The highest BCUT2D eigenvalue weighted by molar-refractivity contribution is 5.75. The number of carbonyl (C=O) groups is 1. The third kappa shape index (κ3) is 19.5. The highest BCUT2D eigenvalue weighted by Gasteiger charge is 2.02. The first kappa shape index (κ1) is 20.3. The van der Waals surface area contributed by atoms with Crippen LogP contribution in [0.15, 0.2) is 0 Å². The van der Waals surface area contributed by atoms with Crippen LogP contribution in [0.1, 0.15) is 40.5 Å². The molecule has 0 aromatic carbocycles. The van der Waals surface area contributed by atoms with Crippen LogP contribution in [-0.4, -0.2) is 38.9 Å². The summed E-state index contributed by atoms with van der Waals surface area (Å²) in [5, 5.41) is 2.80. The molecule has 0 aromatic rings. The van der Waals surface area contributed by atoms with Gasteiger partial charge in [0.25, 0.3) is 0 Å². The standard InChI is InChI=1S/C13H23NO3.C2H6/c1-4-8-16-10-11-17-9-7-14-13(15)6-5-12(2)3;1-2/h1,12H,5-11H2,2-3H3,(H,14,15);1-2H3. The summed E-state index contributed by atoms with van der Waals surface area (Å²) in [5.74, 6) is 3.02. The quantitative estimate of drug-likeness (QED) is 0.489. The van der Waals surface area contributed by atoms with Crippen LogP contribution in [0, 0.1) is 18.3 Å². The zero-order chi connectivity index (χ0) is 14.9. The molecule has 0 atom stereocenters. The fourth-order valence-corrected chi connectivity index (χ4v) is 1.12. The lowest BCUT2D eigenvalue weighted by Gasteiger charge is -2.07. The minimum absolute atomic E-state index is 0.0888. The van der Waals surface area contributed by atoms with E-state index in [2.05, 4.69) is 25.1 Å². The zero-order valence-electron chi connectivity index (χ0n) is 12.8. The van der Waals surface area contributed by atoms with Crippen LogP contribution in [0.25, 0.3) is 0 Å². The van der Waals surface area contributed by atoms with Crippen molar-refractivity contribution in [3.63, 3.8) is 0 Å². The first-order valence-electron chi connectivity index (χ1n) is 7.02. The average Bonchev–Trinajstić information content (AvgIpc) is 2.41. The van der Waals surface area contributed by atoms with Crippen molar-refractivity contribution >= 4 is 5.91 Å². The van der Waals surface area contributed by atoms with Gasteiger partial charge in [0.1, 0.15) is 6.61 Å². The first-order valence-corrected chi connectivity index (χ1v) is 7.02. The van der Waals surface area contributed by atoms with Gasteiger partial charge in [-0.3, -0.25) is 4.79 Å². The van der Waals surface area contributed by atoms with Gasteiger partial charge < -0.3 is 14.8 Å². The predicted octanol–water partition coefficient (Wildman–Crippen LogP) is 2.23. The number of terminal acetylenes is 1. The van der Waals surface area contributed by atoms with Gasteiger partial charge in [0, 0.05) is 13.0 Å². The van der Waals surface area contributed by atoms with Gasteiger partial charge in [0.05, 0.1) is 19.8 Å². The molecule has 0 heterocycles. The minimum Gasteiger partial charge on any atom is -0.377 e. The lowest BCUT2D eigenvalue weighted by molar-refractivity contribution is -0.121. The van der Waals surface area contributed by atoms with E-state index in [1.54, 1.807) is 0 Å². The van der Waals surface area contributed by atoms with E-state index < -0.39 is 0 Å². The van der Waals surface area contributed by atoms with Crippen LogP contribution in [0.5, 0.6) is 0 Å². The van der Waals surface area contributed by atoms with Crippen molar-refractivity contribution in [2.75, 3.05) is 33.0 Å². The summed E-state index contributed by atoms with van der Waals surface area (Å²) in [4.78, 5) is 11.3. The molecule has 0 aliphatic rings. The van der Waals surface area contributed by atoms with E-state index in [1.165, 1.54) is 0 Å². The number of hydrogen-bond donors (Lipinski definition) is 1. The second-order valence-corrected chi connectivity index (χ2v) is 4.15. The van der Waals surface area contributed by atoms with Crippen LogP contribution in [0.3, 0.4) is 0 Å². The Hall–Kier alpha value is -1.05. The van der Waals surface area contributed by atoms with E-state index in [9.17, 15) is 4.79 Å². The molecule has 112 valence electrons. The molecule has 0 unspecified atom stereocenters. The molecular weight excluding hydrogens is 242 g/mol. The Kier molecular flexibility index (Phi) is 18.1. The van der Waals surface area contributed by atoms with Crippen LogP contribution in [0.2, 0.25) is 0 Å². The van der Waals surface area contributed by atoms with Gasteiger partial charge in [-0.25, -0.2) is 0 Å². The Balaban J connectivity index is 0. The van der Waals surface area contributed by atoms with Gasteiger partial charge in [0.15, 0.2) is 0 Å². The normalized spacial score (nSPS) is 9.47. The van der Waals surface area contributed by atoms with Crippen LogP contribution in [0.4, 0.5) is 0 Å². The van der Waals surface area contributed by atoms with E-state index in [0.29, 0.717) is 45.3 Å². The summed E-state index contributed by atoms with van der Waals surface area (Å²) >= 11 is 0. The van der Waals surface area contributed by atoms with Gasteiger partial charge >= 0.3 is 0 Å². The number of amides is 1. The molecule has 0 radical (unpaired) electrons. The largest absolute Gasteiger partial charge is 0.377 e. The number of ether oxygens (including phenoxy) is 2. The Morgan fingerprint density at radius 3 is 2.42 bits per heavy atom. The molecule has 19 heavy (non-hydrogen) atoms. The maximum atomic E-state index is 11.3. The average molecular weight is 271 g/mol. The van der Waals surface area contributed by atoms with E-state index in [0.717, 1.165) is 6.42 Å². The van der Waals surface area contributed by atoms with E-state index in [1.807, 2.05) is 13.8 Å². The summed E-state index contributed by atoms with van der Waals surface area (Å²) in [7, 11) is 0. The second kappa shape index (κ2) is 16.9. The molecule has 0 bridgehead atoms. The van der Waals surface area contributed by atoms with Gasteiger partial charge in [-0.15, -0.1) is 6.42 Å². The van der Waals surface area contributed by atoms with Gasteiger partial charge in [-0.05, 0) is 12.3 Å². The number of carbonyl (C=O) groups excluding carboxylic acids is 1. The summed E-state index contributed by atoms with van der Waals surface area (Å²) in [5.41, 5.74) is 0. The Labute approximate surface area is 118 Å². The number of hydrogen-bond acceptors (Lipinski definition) is 3. The van der Waals surface area contributed by atoms with E-state index >= 15 is 0 Å². The molecule has 0 saturated heterocycles. The lowest BCUT2D eigenvalue weighted by atomic mass is 10.1. The fraction of sp³-hybridized carbons (Fsp3) is 0.800. The monoisotopic (exact) mass is 271 g/mol. The first-order chi connectivity index (χ1) is 9.16. The molecule has 1 N–H and O–H groups in total. The molecule has 1 amide bonds. The maximum Gasteiger partial charge on any atom is 0.220 e. The maximum absolute atomic E-state index is 11.3. The van der Waals surface area contributed by atoms with Crippen molar-refractivity contribution in [2.45, 2.75) is 40.5 Å². The summed E-state index contributed by atoms with van der Waals surface area (Å²) in [6.45, 7) is 10.6. The molecule has 0 aliphatic carbocycles. The molecule has 0 spiro atoms. The molecule has 4 heteroatoms. The van der Waals surface area contributed by atoms with Crippen molar-refractivity contribution in [2.24, 2.45) is 5.92 Å². The van der Waals surface area contributed by atoms with Crippen molar-refractivity contribution in [3.8, 4) is 12.3 Å². The third-order valence-corrected chi connectivity index (χ3v) is 2.07. The molecule has 4 nitrogen and oxygen atoms in total. The van der Waals surface area contributed by atoms with Crippen LogP contribution >= 0.6 is 0 Å². The summed E-state index contributed by atoms with van der Waals surface area (Å²) in [6.07, 6.45) is 6.52. The highest BCUT2D eigenvalue weighted by atomic mass is 16.5. The SMILES string of the molecule is C#CCOCCOCCNC(=O)CCC(C)C.CC. The highest BCUT2D eigenvalue weighted by Crippen LogP contribution is 2.02. The molecule has 0 aromatic heterocycles. The summed E-state index contributed by atoms with van der Waals surface area (Å²) < 4.78 is 10.3. The Morgan fingerprint density at radius 2 is 1.84 bits per heavy atom. The molecular formula is C15H29NO3. The molecule has 0 saturated carbocycles. The van der Waals surface area contributed by atoms with Crippen LogP contribution in [-0.2, 0) is 14.3 Å². The summed E-state index contributed by atoms with van der Waals surface area (Å²) in [6, 6.07) is 0. The molecule has 0 rings (SSSR count). The number of rotatable bonds is 10. The van der Waals surface area contributed by atoms with Crippen molar-refractivity contribution in [1.82, 2.24) is 5.32 Å². The Morgan fingerprint density at radius 1 is 1.21 bits per heavy atom. The van der Waals surface area contributed by atoms with Crippen molar-refractivity contribution in [3.05, 3.63) is 0 Å². The zero-order valence-corrected chi connectivity index (χ0v) is 12.8. The lowest BCUT2D eigenvalue weighted by Crippen LogP contribution is -2.27. The minimum atomic E-state index is 0.0888. The van der Waals surface area contributed by atoms with Crippen molar-refractivity contribution < 1.29 is 14.3 Å². The molecule has 0 aliphatic heterocycles. The smallest absolute Gasteiger partial charge is 0.220 e. The van der Waals surface area contributed by atoms with Gasteiger partial charge in [0.2, 0.25) is 5.91 Å². The van der Waals surface area contributed by atoms with Crippen LogP contribution < -0.4 is 5.32 Å². The Bertz CT molecular complexity index is 234. The predicted molar refractivity (Wildman–Crippen MR) is 78.9 cm³/mol.